The zero-order valence-corrected chi connectivity index (χ0v) is 10.5. The summed E-state index contributed by atoms with van der Waals surface area (Å²) in [6.07, 6.45) is -4.39. The maximum Gasteiger partial charge on any atom is 0.416 e. The summed E-state index contributed by atoms with van der Waals surface area (Å²) in [6, 6.07) is 5.90. The Hall–Kier alpha value is -1.82. The van der Waals surface area contributed by atoms with Crippen molar-refractivity contribution in [1.29, 1.82) is 0 Å². The van der Waals surface area contributed by atoms with E-state index in [1.807, 2.05) is 0 Å². The number of nitrogens with zero attached hydrogens (tertiary/aromatic N) is 2. The molecule has 3 nitrogen and oxygen atoms in total. The molecule has 0 spiro atoms. The molecule has 0 atom stereocenters. The molecule has 0 fully saturated rings. The normalized spacial score (nSPS) is 11.6. The van der Waals surface area contributed by atoms with Crippen molar-refractivity contribution in [3.63, 3.8) is 0 Å². The molecule has 0 radical (unpaired) electrons. The van der Waals surface area contributed by atoms with Crippen molar-refractivity contribution in [2.75, 3.05) is 0 Å². The van der Waals surface area contributed by atoms with E-state index in [0.29, 0.717) is 11.3 Å². The second kappa shape index (κ2) is 4.70. The van der Waals surface area contributed by atoms with Crippen molar-refractivity contribution < 1.29 is 13.2 Å². The second-order valence-electron chi connectivity index (χ2n) is 3.88. The summed E-state index contributed by atoms with van der Waals surface area (Å²) in [7, 11) is 1.47. The lowest BCUT2D eigenvalue weighted by Crippen LogP contribution is -2.21. The molecule has 1 aromatic heterocycles. The van der Waals surface area contributed by atoms with Gasteiger partial charge in [0.15, 0.2) is 0 Å². The van der Waals surface area contributed by atoms with Gasteiger partial charge in [-0.2, -0.15) is 18.2 Å². The molecular weight excluding hydrogens is 281 g/mol. The summed E-state index contributed by atoms with van der Waals surface area (Å²) in [5.74, 6) is 0. The molecule has 100 valence electrons. The molecule has 2 rings (SSSR count). The number of hydrogen-bond donors (Lipinski definition) is 0. The van der Waals surface area contributed by atoms with Crippen LogP contribution in [0.4, 0.5) is 13.2 Å². The molecule has 0 N–H and O–H groups in total. The van der Waals surface area contributed by atoms with E-state index in [0.717, 1.165) is 12.1 Å². The van der Waals surface area contributed by atoms with Crippen LogP contribution in [0.1, 0.15) is 5.56 Å². The molecule has 0 aliphatic heterocycles. The Kier molecular flexibility index (Phi) is 3.36. The van der Waals surface area contributed by atoms with E-state index in [1.165, 1.54) is 29.8 Å². The van der Waals surface area contributed by atoms with Gasteiger partial charge in [-0.25, -0.2) is 4.79 Å². The molecule has 0 aliphatic rings. The van der Waals surface area contributed by atoms with E-state index in [2.05, 4.69) is 4.98 Å². The van der Waals surface area contributed by atoms with Gasteiger partial charge in [-0.15, -0.1) is 0 Å². The quantitative estimate of drug-likeness (QED) is 0.756. The lowest BCUT2D eigenvalue weighted by molar-refractivity contribution is -0.137. The first-order valence-electron chi connectivity index (χ1n) is 5.20. The largest absolute Gasteiger partial charge is 0.416 e. The first kappa shape index (κ1) is 13.6. The van der Waals surface area contributed by atoms with Gasteiger partial charge < -0.3 is 0 Å². The van der Waals surface area contributed by atoms with Crippen LogP contribution in [-0.2, 0) is 13.2 Å². The van der Waals surface area contributed by atoms with Gasteiger partial charge in [0.25, 0.3) is 0 Å². The van der Waals surface area contributed by atoms with Crippen molar-refractivity contribution in [2.45, 2.75) is 6.18 Å². The van der Waals surface area contributed by atoms with Gasteiger partial charge >= 0.3 is 11.9 Å². The van der Waals surface area contributed by atoms with Crippen LogP contribution in [0.25, 0.3) is 11.3 Å². The van der Waals surface area contributed by atoms with Crippen LogP contribution < -0.4 is 5.69 Å². The molecule has 0 bridgehead atoms. The molecule has 7 heteroatoms. The first-order chi connectivity index (χ1) is 8.79. The molecule has 0 aliphatic carbocycles. The monoisotopic (exact) mass is 288 g/mol. The van der Waals surface area contributed by atoms with E-state index >= 15 is 0 Å². The van der Waals surface area contributed by atoms with Crippen molar-refractivity contribution >= 4 is 11.6 Å². The number of aromatic nitrogens is 2. The Labute approximate surface area is 111 Å². The summed E-state index contributed by atoms with van der Waals surface area (Å²) in [4.78, 5) is 15.0. The van der Waals surface area contributed by atoms with Crippen molar-refractivity contribution in [3.05, 3.63) is 51.5 Å². The summed E-state index contributed by atoms with van der Waals surface area (Å²) >= 11 is 5.67. The Morgan fingerprint density at radius 2 is 1.79 bits per heavy atom. The number of hydrogen-bond acceptors (Lipinski definition) is 2. The average molecular weight is 289 g/mol. The van der Waals surface area contributed by atoms with Gasteiger partial charge in [-0.1, -0.05) is 23.7 Å². The third-order valence-electron chi connectivity index (χ3n) is 2.61. The Morgan fingerprint density at radius 1 is 1.21 bits per heavy atom. The van der Waals surface area contributed by atoms with Gasteiger partial charge in [0, 0.05) is 13.1 Å². The minimum Gasteiger partial charge on any atom is -0.295 e. The summed E-state index contributed by atoms with van der Waals surface area (Å²) in [5.41, 5.74) is -0.459. The van der Waals surface area contributed by atoms with Gasteiger partial charge in [-0.05, 0) is 17.7 Å². The highest BCUT2D eigenvalue weighted by Crippen LogP contribution is 2.30. The van der Waals surface area contributed by atoms with Gasteiger partial charge in [0.2, 0.25) is 0 Å². The van der Waals surface area contributed by atoms with Crippen molar-refractivity contribution in [2.24, 2.45) is 7.05 Å². The van der Waals surface area contributed by atoms with Crippen LogP contribution in [0.3, 0.4) is 0 Å². The van der Waals surface area contributed by atoms with E-state index in [1.54, 1.807) is 0 Å². The molecule has 2 aromatic rings. The lowest BCUT2D eigenvalue weighted by Gasteiger charge is -2.10. The highest BCUT2D eigenvalue weighted by Gasteiger charge is 2.30. The fourth-order valence-electron chi connectivity index (χ4n) is 1.62. The molecule has 0 unspecified atom stereocenters. The van der Waals surface area contributed by atoms with Gasteiger partial charge in [0.05, 0.1) is 11.3 Å². The summed E-state index contributed by atoms with van der Waals surface area (Å²) in [6.45, 7) is 0. The van der Waals surface area contributed by atoms with Crippen LogP contribution in [0.2, 0.25) is 5.15 Å². The third-order valence-corrected chi connectivity index (χ3v) is 2.81. The minimum absolute atomic E-state index is 0.00185. The number of rotatable bonds is 1. The molecule has 1 aromatic carbocycles. The Bertz CT molecular complexity index is 662. The second-order valence-corrected chi connectivity index (χ2v) is 4.27. The van der Waals surface area contributed by atoms with E-state index in [4.69, 9.17) is 11.6 Å². The summed E-state index contributed by atoms with van der Waals surface area (Å²) in [5, 5.41) is -0.00185. The molecule has 0 saturated carbocycles. The van der Waals surface area contributed by atoms with Crippen LogP contribution in [0, 0.1) is 0 Å². The Morgan fingerprint density at radius 3 is 2.32 bits per heavy atom. The van der Waals surface area contributed by atoms with E-state index in [-0.39, 0.29) is 5.15 Å². The van der Waals surface area contributed by atoms with Crippen LogP contribution >= 0.6 is 11.6 Å². The molecule has 19 heavy (non-hydrogen) atoms. The SMILES string of the molecule is Cn1c(-c2ccc(C(F)(F)F)cc2)cc(Cl)nc1=O. The predicted octanol–water partition coefficient (Wildman–Crippen LogP) is 3.12. The average Bonchev–Trinajstić information content (AvgIpc) is 2.33. The fourth-order valence-corrected chi connectivity index (χ4v) is 1.79. The fraction of sp³-hybridized carbons (Fsp3) is 0.167. The van der Waals surface area contributed by atoms with Crippen molar-refractivity contribution in [3.8, 4) is 11.3 Å². The molecule has 0 amide bonds. The number of alkyl halides is 3. The molecular formula is C12H8ClF3N2O. The summed E-state index contributed by atoms with van der Waals surface area (Å²) < 4.78 is 38.5. The highest BCUT2D eigenvalue weighted by molar-refractivity contribution is 6.29. The minimum atomic E-state index is -4.39. The van der Waals surface area contributed by atoms with Crippen LogP contribution in [0.5, 0.6) is 0 Å². The third kappa shape index (κ3) is 2.78. The topological polar surface area (TPSA) is 34.9 Å². The number of benzene rings is 1. The standard InChI is InChI=1S/C12H8ClF3N2O/c1-18-9(6-10(13)17-11(18)19)7-2-4-8(5-3-7)12(14,15)16/h2-6H,1H3. The lowest BCUT2D eigenvalue weighted by atomic mass is 10.1. The smallest absolute Gasteiger partial charge is 0.295 e. The van der Waals surface area contributed by atoms with Crippen LogP contribution in [-0.4, -0.2) is 9.55 Å². The zero-order valence-electron chi connectivity index (χ0n) is 9.70. The van der Waals surface area contributed by atoms with E-state index in [9.17, 15) is 18.0 Å². The molecule has 1 heterocycles. The van der Waals surface area contributed by atoms with Gasteiger partial charge in [-0.3, -0.25) is 4.57 Å². The Balaban J connectivity index is 2.52. The zero-order chi connectivity index (χ0) is 14.2. The maximum absolute atomic E-state index is 12.4. The number of halogens is 4. The van der Waals surface area contributed by atoms with Crippen LogP contribution in [0.15, 0.2) is 35.1 Å². The highest BCUT2D eigenvalue weighted by atomic mass is 35.5. The first-order valence-corrected chi connectivity index (χ1v) is 5.58. The predicted molar refractivity (Wildman–Crippen MR) is 64.9 cm³/mol. The maximum atomic E-state index is 12.4. The van der Waals surface area contributed by atoms with Gasteiger partial charge in [0.1, 0.15) is 5.15 Å². The van der Waals surface area contributed by atoms with Crippen molar-refractivity contribution in [1.82, 2.24) is 9.55 Å². The molecule has 0 saturated heterocycles. The van der Waals surface area contributed by atoms with E-state index < -0.39 is 17.4 Å².